The van der Waals surface area contributed by atoms with Crippen LogP contribution >= 0.6 is 11.8 Å². The van der Waals surface area contributed by atoms with E-state index in [2.05, 4.69) is 18.0 Å². The zero-order valence-corrected chi connectivity index (χ0v) is 8.10. The fourth-order valence-electron chi connectivity index (χ4n) is 1.32. The van der Waals surface area contributed by atoms with Gasteiger partial charge in [-0.2, -0.15) is 0 Å². The third-order valence-electron chi connectivity index (χ3n) is 2.09. The Morgan fingerprint density at radius 1 is 1.50 bits per heavy atom. The van der Waals surface area contributed by atoms with Crippen molar-refractivity contribution in [1.29, 1.82) is 0 Å². The van der Waals surface area contributed by atoms with Crippen molar-refractivity contribution < 1.29 is 0 Å². The van der Waals surface area contributed by atoms with Crippen LogP contribution in [-0.2, 0) is 0 Å². The van der Waals surface area contributed by atoms with Crippen LogP contribution in [0, 0.1) is 0 Å². The minimum atomic E-state index is 0.829. The Morgan fingerprint density at radius 3 is 3.00 bits per heavy atom. The summed E-state index contributed by atoms with van der Waals surface area (Å²) in [6.07, 6.45) is 6.70. The molecule has 0 N–H and O–H groups in total. The maximum absolute atomic E-state index is 4.24. The predicted molar refractivity (Wildman–Crippen MR) is 52.6 cm³/mol. The molecule has 1 heterocycles. The van der Waals surface area contributed by atoms with E-state index < -0.39 is 0 Å². The van der Waals surface area contributed by atoms with E-state index in [0.29, 0.717) is 0 Å². The summed E-state index contributed by atoms with van der Waals surface area (Å²) in [6, 6.07) is 2.29. The van der Waals surface area contributed by atoms with Gasteiger partial charge in [-0.3, -0.25) is 4.98 Å². The average Bonchev–Trinajstić information content (AvgIpc) is 2.88. The Kier molecular flexibility index (Phi) is 2.35. The number of hydrogen-bond donors (Lipinski definition) is 0. The lowest BCUT2D eigenvalue weighted by Gasteiger charge is -2.00. The highest BCUT2D eigenvalue weighted by Crippen LogP contribution is 2.40. The number of rotatable bonds is 3. The fraction of sp³-hybridized carbons (Fsp3) is 0.500. The normalized spacial score (nSPS) is 16.4. The van der Waals surface area contributed by atoms with E-state index in [-0.39, 0.29) is 0 Å². The largest absolute Gasteiger partial charge is 0.263 e. The third kappa shape index (κ3) is 1.81. The van der Waals surface area contributed by atoms with Crippen LogP contribution in [0.25, 0.3) is 0 Å². The van der Waals surface area contributed by atoms with Crippen LogP contribution in [0.4, 0.5) is 0 Å². The van der Waals surface area contributed by atoms with Crippen molar-refractivity contribution in [2.24, 2.45) is 0 Å². The molecule has 0 aromatic carbocycles. The van der Waals surface area contributed by atoms with Gasteiger partial charge in [-0.05, 0) is 36.1 Å². The summed E-state index contributed by atoms with van der Waals surface area (Å²) in [5, 5.41) is 0. The number of aromatic nitrogens is 1. The lowest BCUT2D eigenvalue weighted by atomic mass is 10.2. The molecule has 64 valence electrons. The van der Waals surface area contributed by atoms with E-state index >= 15 is 0 Å². The molecular formula is C10H13NS. The Bertz CT molecular complexity index is 268. The van der Waals surface area contributed by atoms with E-state index in [1.165, 1.54) is 23.3 Å². The van der Waals surface area contributed by atoms with Crippen LogP contribution in [0.3, 0.4) is 0 Å². The molecule has 1 nitrogen and oxygen atoms in total. The first kappa shape index (κ1) is 8.11. The molecule has 0 spiro atoms. The van der Waals surface area contributed by atoms with Gasteiger partial charge in [-0.25, -0.2) is 0 Å². The van der Waals surface area contributed by atoms with Gasteiger partial charge in [0, 0.05) is 17.3 Å². The van der Waals surface area contributed by atoms with Crippen LogP contribution in [-0.4, -0.2) is 10.7 Å². The first-order chi connectivity index (χ1) is 5.90. The molecule has 1 aromatic rings. The summed E-state index contributed by atoms with van der Waals surface area (Å²) in [7, 11) is 0. The van der Waals surface area contributed by atoms with Gasteiger partial charge in [0.1, 0.15) is 0 Å². The maximum atomic E-state index is 4.24. The lowest BCUT2D eigenvalue weighted by molar-refractivity contribution is 1.06. The van der Waals surface area contributed by atoms with Gasteiger partial charge in [0.25, 0.3) is 0 Å². The van der Waals surface area contributed by atoms with Crippen LogP contribution < -0.4 is 0 Å². The van der Waals surface area contributed by atoms with Crippen molar-refractivity contribution >= 4 is 11.8 Å². The molecule has 1 aliphatic carbocycles. The van der Waals surface area contributed by atoms with Gasteiger partial charge in [0.15, 0.2) is 0 Å². The van der Waals surface area contributed by atoms with Gasteiger partial charge in [0.05, 0.1) is 0 Å². The summed E-state index contributed by atoms with van der Waals surface area (Å²) < 4.78 is 0. The van der Waals surface area contributed by atoms with E-state index in [0.717, 1.165) is 11.7 Å². The molecule has 1 saturated carbocycles. The van der Waals surface area contributed by atoms with Gasteiger partial charge < -0.3 is 0 Å². The molecule has 0 amide bonds. The topological polar surface area (TPSA) is 12.9 Å². The second kappa shape index (κ2) is 3.48. The molecule has 1 aromatic heterocycles. The minimum absolute atomic E-state index is 0.829. The van der Waals surface area contributed by atoms with Gasteiger partial charge in [-0.15, -0.1) is 11.8 Å². The summed E-state index contributed by atoms with van der Waals surface area (Å²) in [5.41, 5.74) is 1.44. The highest BCUT2D eigenvalue weighted by atomic mass is 32.2. The third-order valence-corrected chi connectivity index (χ3v) is 2.94. The van der Waals surface area contributed by atoms with E-state index in [1.807, 2.05) is 24.2 Å². The SMILES string of the molecule is CCSc1cncc(C2CC2)c1. The highest BCUT2D eigenvalue weighted by molar-refractivity contribution is 7.99. The Hall–Kier alpha value is -0.500. The van der Waals surface area contributed by atoms with Gasteiger partial charge in [0.2, 0.25) is 0 Å². The van der Waals surface area contributed by atoms with Crippen molar-refractivity contribution in [3.05, 3.63) is 24.0 Å². The van der Waals surface area contributed by atoms with Crippen molar-refractivity contribution in [3.8, 4) is 0 Å². The summed E-state index contributed by atoms with van der Waals surface area (Å²) >= 11 is 1.87. The second-order valence-corrected chi connectivity index (χ2v) is 4.50. The summed E-state index contributed by atoms with van der Waals surface area (Å²) in [6.45, 7) is 2.18. The van der Waals surface area contributed by atoms with Crippen molar-refractivity contribution in [2.45, 2.75) is 30.6 Å². The molecule has 2 rings (SSSR count). The molecule has 0 aliphatic heterocycles. The summed E-state index contributed by atoms with van der Waals surface area (Å²) in [5.74, 6) is 1.96. The monoisotopic (exact) mass is 179 g/mol. The van der Waals surface area contributed by atoms with Crippen molar-refractivity contribution in [3.63, 3.8) is 0 Å². The number of nitrogens with zero attached hydrogens (tertiary/aromatic N) is 1. The van der Waals surface area contributed by atoms with E-state index in [1.54, 1.807) is 0 Å². The van der Waals surface area contributed by atoms with Crippen molar-refractivity contribution in [2.75, 3.05) is 5.75 Å². The Labute approximate surface area is 77.6 Å². The van der Waals surface area contributed by atoms with E-state index in [9.17, 15) is 0 Å². The Balaban J connectivity index is 2.15. The smallest absolute Gasteiger partial charge is 0.0404 e. The van der Waals surface area contributed by atoms with Crippen LogP contribution in [0.15, 0.2) is 23.4 Å². The first-order valence-corrected chi connectivity index (χ1v) is 5.46. The quantitative estimate of drug-likeness (QED) is 0.661. The molecule has 0 saturated heterocycles. The average molecular weight is 179 g/mol. The second-order valence-electron chi connectivity index (χ2n) is 3.16. The van der Waals surface area contributed by atoms with Crippen LogP contribution in [0.2, 0.25) is 0 Å². The predicted octanol–water partition coefficient (Wildman–Crippen LogP) is 3.07. The molecule has 0 atom stereocenters. The molecule has 12 heavy (non-hydrogen) atoms. The summed E-state index contributed by atoms with van der Waals surface area (Å²) in [4.78, 5) is 5.56. The maximum Gasteiger partial charge on any atom is 0.0404 e. The Morgan fingerprint density at radius 2 is 2.33 bits per heavy atom. The zero-order valence-electron chi connectivity index (χ0n) is 7.29. The standard InChI is InChI=1S/C10H13NS/c1-2-12-10-5-9(6-11-7-10)8-3-4-8/h5-8H,2-4H2,1H3. The molecule has 1 fully saturated rings. The van der Waals surface area contributed by atoms with Gasteiger partial charge in [-0.1, -0.05) is 6.92 Å². The number of pyridine rings is 1. The molecule has 0 unspecified atom stereocenters. The zero-order chi connectivity index (χ0) is 8.39. The van der Waals surface area contributed by atoms with Crippen molar-refractivity contribution in [1.82, 2.24) is 4.98 Å². The molecule has 1 aliphatic rings. The molecule has 2 heteroatoms. The van der Waals surface area contributed by atoms with Crippen LogP contribution in [0.5, 0.6) is 0 Å². The number of hydrogen-bond acceptors (Lipinski definition) is 2. The molecular weight excluding hydrogens is 166 g/mol. The number of thioether (sulfide) groups is 1. The highest BCUT2D eigenvalue weighted by Gasteiger charge is 2.23. The van der Waals surface area contributed by atoms with Gasteiger partial charge >= 0.3 is 0 Å². The first-order valence-electron chi connectivity index (χ1n) is 4.48. The molecule has 0 bridgehead atoms. The molecule has 0 radical (unpaired) electrons. The fourth-order valence-corrected chi connectivity index (χ4v) is 2.01. The minimum Gasteiger partial charge on any atom is -0.263 e. The van der Waals surface area contributed by atoms with Crippen LogP contribution in [0.1, 0.15) is 31.2 Å². The lowest BCUT2D eigenvalue weighted by Crippen LogP contribution is -1.83. The van der Waals surface area contributed by atoms with E-state index in [4.69, 9.17) is 0 Å².